The molecule has 0 spiro atoms. The van der Waals surface area contributed by atoms with Crippen molar-refractivity contribution in [2.75, 3.05) is 26.4 Å². The predicted molar refractivity (Wildman–Crippen MR) is 108 cm³/mol. The first kappa shape index (κ1) is 20.6. The van der Waals surface area contributed by atoms with E-state index in [-0.39, 0.29) is 31.8 Å². The van der Waals surface area contributed by atoms with Crippen LogP contribution < -0.4 is 9.47 Å². The molecule has 0 atom stereocenters. The summed E-state index contributed by atoms with van der Waals surface area (Å²) in [6.07, 6.45) is 0.644. The van der Waals surface area contributed by atoms with Gasteiger partial charge >= 0.3 is 5.97 Å². The largest absolute Gasteiger partial charge is 0.490 e. The number of Topliss-reactive ketones (excluding diaryl/α,β-unsaturated/α-hetero) is 1. The highest BCUT2D eigenvalue weighted by Gasteiger charge is 2.34. The van der Waals surface area contributed by atoms with Crippen molar-refractivity contribution in [1.29, 1.82) is 0 Å². The van der Waals surface area contributed by atoms with Crippen LogP contribution in [-0.4, -0.2) is 54.8 Å². The highest BCUT2D eigenvalue weighted by atomic mass is 16.5. The number of benzene rings is 2. The monoisotopic (exact) mass is 423 g/mol. The summed E-state index contributed by atoms with van der Waals surface area (Å²) in [4.78, 5) is 50.0. The molecule has 0 N–H and O–H groups in total. The molecule has 2 heterocycles. The van der Waals surface area contributed by atoms with Gasteiger partial charge in [0.15, 0.2) is 17.3 Å². The molecule has 0 fully saturated rings. The van der Waals surface area contributed by atoms with E-state index < -0.39 is 17.8 Å². The molecule has 8 nitrogen and oxygen atoms in total. The van der Waals surface area contributed by atoms with Crippen LogP contribution in [-0.2, 0) is 9.53 Å². The van der Waals surface area contributed by atoms with Gasteiger partial charge in [0.25, 0.3) is 11.8 Å². The van der Waals surface area contributed by atoms with Crippen LogP contribution in [0.2, 0.25) is 0 Å². The SMILES string of the molecule is O=C(CCC(=O)c1ccc2c(c1)OCCCO2)OCCN1C(=O)c2ccccc2C1=O. The van der Waals surface area contributed by atoms with E-state index in [1.165, 1.54) is 0 Å². The van der Waals surface area contributed by atoms with E-state index in [9.17, 15) is 19.2 Å². The van der Waals surface area contributed by atoms with Gasteiger partial charge in [0, 0.05) is 18.4 Å². The number of esters is 1. The van der Waals surface area contributed by atoms with Gasteiger partial charge in [0.05, 0.1) is 37.3 Å². The van der Waals surface area contributed by atoms with Crippen LogP contribution >= 0.6 is 0 Å². The van der Waals surface area contributed by atoms with Crippen LogP contribution in [0, 0.1) is 0 Å². The number of amides is 2. The smallest absolute Gasteiger partial charge is 0.306 e. The molecule has 0 aromatic heterocycles. The Labute approximate surface area is 178 Å². The summed E-state index contributed by atoms with van der Waals surface area (Å²) in [6.45, 7) is 0.924. The second-order valence-corrected chi connectivity index (χ2v) is 7.16. The van der Waals surface area contributed by atoms with Gasteiger partial charge in [-0.15, -0.1) is 0 Å². The quantitative estimate of drug-likeness (QED) is 0.383. The first-order chi connectivity index (χ1) is 15.0. The topological polar surface area (TPSA) is 99.2 Å². The third kappa shape index (κ3) is 4.42. The predicted octanol–water partition coefficient (Wildman–Crippen LogP) is 2.65. The van der Waals surface area contributed by atoms with Crippen LogP contribution in [0.3, 0.4) is 0 Å². The number of nitrogens with zero attached hydrogens (tertiary/aromatic N) is 1. The second kappa shape index (κ2) is 8.99. The number of fused-ring (bicyclic) bond motifs is 2. The van der Waals surface area contributed by atoms with E-state index in [0.717, 1.165) is 11.3 Å². The van der Waals surface area contributed by atoms with E-state index in [2.05, 4.69) is 0 Å². The van der Waals surface area contributed by atoms with Crippen molar-refractivity contribution >= 4 is 23.6 Å². The molecule has 2 amide bonds. The van der Waals surface area contributed by atoms with E-state index in [0.29, 0.717) is 41.4 Å². The first-order valence-corrected chi connectivity index (χ1v) is 10.1. The molecule has 4 rings (SSSR count). The molecule has 0 saturated carbocycles. The third-order valence-electron chi connectivity index (χ3n) is 5.08. The van der Waals surface area contributed by atoms with Crippen molar-refractivity contribution < 1.29 is 33.4 Å². The zero-order chi connectivity index (χ0) is 21.8. The van der Waals surface area contributed by atoms with Gasteiger partial charge in [0.1, 0.15) is 6.61 Å². The Hall–Kier alpha value is -3.68. The zero-order valence-electron chi connectivity index (χ0n) is 16.8. The summed E-state index contributed by atoms with van der Waals surface area (Å²) in [5.74, 6) is -0.469. The zero-order valence-corrected chi connectivity index (χ0v) is 16.8. The van der Waals surface area contributed by atoms with Gasteiger partial charge in [-0.25, -0.2) is 0 Å². The average Bonchev–Trinajstić information content (AvgIpc) is 2.94. The first-order valence-electron chi connectivity index (χ1n) is 10.1. The lowest BCUT2D eigenvalue weighted by Crippen LogP contribution is -2.33. The average molecular weight is 423 g/mol. The lowest BCUT2D eigenvalue weighted by Gasteiger charge is -2.13. The van der Waals surface area contributed by atoms with Crippen molar-refractivity contribution in [2.45, 2.75) is 19.3 Å². The number of imide groups is 1. The van der Waals surface area contributed by atoms with Crippen molar-refractivity contribution in [3.63, 3.8) is 0 Å². The van der Waals surface area contributed by atoms with Crippen molar-refractivity contribution in [2.24, 2.45) is 0 Å². The number of hydrogen-bond acceptors (Lipinski definition) is 7. The Morgan fingerprint density at radius 2 is 1.58 bits per heavy atom. The molecule has 2 aromatic carbocycles. The maximum Gasteiger partial charge on any atom is 0.306 e. The summed E-state index contributed by atoms with van der Waals surface area (Å²) < 4.78 is 16.2. The number of rotatable bonds is 7. The van der Waals surface area contributed by atoms with E-state index in [1.807, 2.05) is 0 Å². The Morgan fingerprint density at radius 1 is 0.903 bits per heavy atom. The van der Waals surface area contributed by atoms with Crippen molar-refractivity contribution in [3.05, 3.63) is 59.2 Å². The fourth-order valence-corrected chi connectivity index (χ4v) is 3.46. The number of ketones is 1. The second-order valence-electron chi connectivity index (χ2n) is 7.16. The van der Waals surface area contributed by atoms with Gasteiger partial charge in [-0.2, -0.15) is 0 Å². The Morgan fingerprint density at radius 3 is 2.29 bits per heavy atom. The molecule has 0 radical (unpaired) electrons. The van der Waals surface area contributed by atoms with Crippen LogP contribution in [0.5, 0.6) is 11.5 Å². The minimum Gasteiger partial charge on any atom is -0.490 e. The number of hydrogen-bond donors (Lipinski definition) is 0. The highest BCUT2D eigenvalue weighted by molar-refractivity contribution is 6.21. The molecule has 0 saturated heterocycles. The van der Waals surface area contributed by atoms with E-state index in [4.69, 9.17) is 14.2 Å². The van der Waals surface area contributed by atoms with E-state index in [1.54, 1.807) is 42.5 Å². The summed E-state index contributed by atoms with van der Waals surface area (Å²) >= 11 is 0. The van der Waals surface area contributed by atoms with Crippen LogP contribution in [0.4, 0.5) is 0 Å². The standard InChI is InChI=1S/C23H21NO7/c25-18(15-6-8-19-20(14-15)30-12-3-11-29-19)7-9-21(26)31-13-10-24-22(27)16-4-1-2-5-17(16)23(24)28/h1-2,4-6,8,14H,3,7,9-13H2. The molecule has 2 aromatic rings. The molecule has 2 aliphatic rings. The van der Waals surface area contributed by atoms with Crippen molar-refractivity contribution in [3.8, 4) is 11.5 Å². The summed E-state index contributed by atoms with van der Waals surface area (Å²) in [5.41, 5.74) is 1.13. The van der Waals surface area contributed by atoms with Gasteiger partial charge in [-0.1, -0.05) is 12.1 Å². The lowest BCUT2D eigenvalue weighted by atomic mass is 10.1. The lowest BCUT2D eigenvalue weighted by molar-refractivity contribution is -0.143. The molecule has 31 heavy (non-hydrogen) atoms. The maximum atomic E-state index is 12.4. The molecule has 8 heteroatoms. The molecule has 0 unspecified atom stereocenters. The fourth-order valence-electron chi connectivity index (χ4n) is 3.46. The normalized spacial score (nSPS) is 14.8. The van der Waals surface area contributed by atoms with Gasteiger partial charge in [-0.05, 0) is 30.3 Å². The molecular weight excluding hydrogens is 402 g/mol. The molecular formula is C23H21NO7. The van der Waals surface area contributed by atoms with E-state index >= 15 is 0 Å². The number of carbonyl (C=O) groups excluding carboxylic acids is 4. The van der Waals surface area contributed by atoms with Crippen molar-refractivity contribution in [1.82, 2.24) is 4.90 Å². The Balaban J connectivity index is 1.24. The summed E-state index contributed by atoms with van der Waals surface area (Å²) in [5, 5.41) is 0. The molecule has 0 aliphatic carbocycles. The van der Waals surface area contributed by atoms with Crippen LogP contribution in [0.25, 0.3) is 0 Å². The summed E-state index contributed by atoms with van der Waals surface area (Å²) in [7, 11) is 0. The Bertz CT molecular complexity index is 1010. The Kier molecular flexibility index (Phi) is 5.97. The van der Waals surface area contributed by atoms with Gasteiger partial charge in [-0.3, -0.25) is 24.1 Å². The van der Waals surface area contributed by atoms with Gasteiger partial charge in [0.2, 0.25) is 0 Å². The minimum absolute atomic E-state index is 0.0223. The molecule has 0 bridgehead atoms. The van der Waals surface area contributed by atoms with Crippen LogP contribution in [0.15, 0.2) is 42.5 Å². The number of ether oxygens (including phenoxy) is 3. The third-order valence-corrected chi connectivity index (χ3v) is 5.08. The fraction of sp³-hybridized carbons (Fsp3) is 0.304. The summed E-state index contributed by atoms with van der Waals surface area (Å²) in [6, 6.07) is 11.5. The van der Waals surface area contributed by atoms with Crippen LogP contribution in [0.1, 0.15) is 50.3 Å². The minimum atomic E-state index is -0.570. The molecule has 2 aliphatic heterocycles. The maximum absolute atomic E-state index is 12.4. The van der Waals surface area contributed by atoms with Gasteiger partial charge < -0.3 is 14.2 Å². The molecule has 160 valence electrons. The highest BCUT2D eigenvalue weighted by Crippen LogP contribution is 2.31. The number of carbonyl (C=O) groups is 4.